The van der Waals surface area contributed by atoms with Gasteiger partial charge in [0.25, 0.3) is 5.91 Å². The minimum Gasteiger partial charge on any atom is -0.484 e. The Kier molecular flexibility index (Phi) is 6.43. The van der Waals surface area contributed by atoms with Crippen LogP contribution in [0.15, 0.2) is 30.3 Å². The molecular formula is C14H20N2O3. The summed E-state index contributed by atoms with van der Waals surface area (Å²) < 4.78 is 5.22. The monoisotopic (exact) mass is 264 g/mol. The van der Waals surface area contributed by atoms with Gasteiger partial charge in [-0.3, -0.25) is 10.1 Å². The molecular weight excluding hydrogens is 244 g/mol. The van der Waals surface area contributed by atoms with Crippen LogP contribution in [0.1, 0.15) is 20.3 Å². The maximum Gasteiger partial charge on any atom is 0.321 e. The fourth-order valence-electron chi connectivity index (χ4n) is 1.35. The van der Waals surface area contributed by atoms with Gasteiger partial charge in [0, 0.05) is 6.54 Å². The molecule has 1 aromatic carbocycles. The van der Waals surface area contributed by atoms with Crippen LogP contribution < -0.4 is 15.4 Å². The molecule has 19 heavy (non-hydrogen) atoms. The van der Waals surface area contributed by atoms with Gasteiger partial charge in [-0.1, -0.05) is 32.0 Å². The average Bonchev–Trinajstić information content (AvgIpc) is 2.37. The van der Waals surface area contributed by atoms with Crippen LogP contribution >= 0.6 is 0 Å². The van der Waals surface area contributed by atoms with Crippen LogP contribution in [0, 0.1) is 5.92 Å². The smallest absolute Gasteiger partial charge is 0.321 e. The zero-order valence-corrected chi connectivity index (χ0v) is 11.3. The van der Waals surface area contributed by atoms with Gasteiger partial charge in [-0.2, -0.15) is 0 Å². The number of amides is 3. The fraction of sp³-hybridized carbons (Fsp3) is 0.429. The minimum absolute atomic E-state index is 0.179. The lowest BCUT2D eigenvalue weighted by Gasteiger charge is -2.09. The topological polar surface area (TPSA) is 67.4 Å². The van der Waals surface area contributed by atoms with E-state index in [-0.39, 0.29) is 6.61 Å². The van der Waals surface area contributed by atoms with Crippen molar-refractivity contribution in [3.8, 4) is 5.75 Å². The summed E-state index contributed by atoms with van der Waals surface area (Å²) in [7, 11) is 0. The lowest BCUT2D eigenvalue weighted by molar-refractivity contribution is -0.122. The van der Waals surface area contributed by atoms with Gasteiger partial charge in [0.1, 0.15) is 5.75 Å². The molecule has 0 aliphatic carbocycles. The highest BCUT2D eigenvalue weighted by Gasteiger charge is 2.07. The molecule has 5 nitrogen and oxygen atoms in total. The van der Waals surface area contributed by atoms with Crippen LogP contribution in [-0.4, -0.2) is 25.1 Å². The van der Waals surface area contributed by atoms with Gasteiger partial charge in [-0.25, -0.2) is 4.79 Å². The Hall–Kier alpha value is -2.04. The van der Waals surface area contributed by atoms with Crippen molar-refractivity contribution < 1.29 is 14.3 Å². The Balaban J connectivity index is 2.18. The highest BCUT2D eigenvalue weighted by Crippen LogP contribution is 2.07. The van der Waals surface area contributed by atoms with Crippen LogP contribution in [0.25, 0.3) is 0 Å². The van der Waals surface area contributed by atoms with E-state index in [4.69, 9.17) is 4.74 Å². The second kappa shape index (κ2) is 8.13. The number of para-hydroxylation sites is 1. The third-order valence-corrected chi connectivity index (χ3v) is 2.37. The number of hydrogen-bond donors (Lipinski definition) is 2. The molecule has 2 N–H and O–H groups in total. The molecule has 0 fully saturated rings. The average molecular weight is 264 g/mol. The van der Waals surface area contributed by atoms with Gasteiger partial charge < -0.3 is 10.1 Å². The molecule has 3 amide bonds. The second-order valence-electron chi connectivity index (χ2n) is 4.59. The number of hydrogen-bond acceptors (Lipinski definition) is 3. The van der Waals surface area contributed by atoms with Crippen molar-refractivity contribution in [2.24, 2.45) is 5.92 Å². The first-order valence-electron chi connectivity index (χ1n) is 6.33. The maximum atomic E-state index is 11.4. The maximum absolute atomic E-state index is 11.4. The highest BCUT2D eigenvalue weighted by molar-refractivity contribution is 5.94. The Labute approximate surface area is 113 Å². The third-order valence-electron chi connectivity index (χ3n) is 2.37. The molecule has 0 aromatic heterocycles. The Morgan fingerprint density at radius 1 is 1.21 bits per heavy atom. The molecule has 0 aliphatic rings. The summed E-state index contributed by atoms with van der Waals surface area (Å²) in [5.41, 5.74) is 0. The molecule has 0 unspecified atom stereocenters. The van der Waals surface area contributed by atoms with Gasteiger partial charge in [0.15, 0.2) is 6.61 Å². The number of nitrogens with one attached hydrogen (secondary N) is 2. The number of benzene rings is 1. The lowest BCUT2D eigenvalue weighted by Crippen LogP contribution is -2.42. The fourth-order valence-corrected chi connectivity index (χ4v) is 1.35. The van der Waals surface area contributed by atoms with Crippen molar-refractivity contribution >= 4 is 11.9 Å². The number of urea groups is 1. The van der Waals surface area contributed by atoms with Crippen LogP contribution in [0.2, 0.25) is 0 Å². The summed E-state index contributed by atoms with van der Waals surface area (Å²) in [4.78, 5) is 22.8. The lowest BCUT2D eigenvalue weighted by atomic mass is 10.1. The van der Waals surface area contributed by atoms with Gasteiger partial charge in [-0.15, -0.1) is 0 Å². The highest BCUT2D eigenvalue weighted by atomic mass is 16.5. The van der Waals surface area contributed by atoms with Gasteiger partial charge in [-0.05, 0) is 24.5 Å². The van der Waals surface area contributed by atoms with E-state index in [1.54, 1.807) is 12.1 Å². The third kappa shape index (κ3) is 7.08. The Morgan fingerprint density at radius 3 is 2.53 bits per heavy atom. The van der Waals surface area contributed by atoms with E-state index < -0.39 is 11.9 Å². The Morgan fingerprint density at radius 2 is 1.89 bits per heavy atom. The summed E-state index contributed by atoms with van der Waals surface area (Å²) in [6, 6.07) is 8.49. The number of imide groups is 1. The normalized spacial score (nSPS) is 10.1. The molecule has 0 aliphatic heterocycles. The number of carbonyl (C=O) groups excluding carboxylic acids is 2. The van der Waals surface area contributed by atoms with Gasteiger partial charge in [0.05, 0.1) is 0 Å². The van der Waals surface area contributed by atoms with Crippen molar-refractivity contribution in [3.05, 3.63) is 30.3 Å². The number of carbonyl (C=O) groups is 2. The summed E-state index contributed by atoms with van der Waals surface area (Å²) in [5.74, 6) is 0.640. The van der Waals surface area contributed by atoms with Crippen LogP contribution in [-0.2, 0) is 4.79 Å². The molecule has 0 atom stereocenters. The van der Waals surface area contributed by atoms with Crippen molar-refractivity contribution in [1.29, 1.82) is 0 Å². The molecule has 0 spiro atoms. The summed E-state index contributed by atoms with van der Waals surface area (Å²) in [6.07, 6.45) is 0.877. The molecule has 0 saturated heterocycles. The van der Waals surface area contributed by atoms with E-state index >= 15 is 0 Å². The predicted octanol–water partition coefficient (Wildman–Crippen LogP) is 1.94. The summed E-state index contributed by atoms with van der Waals surface area (Å²) in [5, 5.41) is 4.83. The molecule has 104 valence electrons. The van der Waals surface area contributed by atoms with E-state index in [9.17, 15) is 9.59 Å². The van der Waals surface area contributed by atoms with Crippen LogP contribution in [0.4, 0.5) is 4.79 Å². The molecule has 0 bridgehead atoms. The first-order valence-corrected chi connectivity index (χ1v) is 6.33. The second-order valence-corrected chi connectivity index (χ2v) is 4.59. The van der Waals surface area contributed by atoms with E-state index in [1.165, 1.54) is 0 Å². The van der Waals surface area contributed by atoms with E-state index in [0.717, 1.165) is 6.42 Å². The minimum atomic E-state index is -0.484. The molecule has 0 heterocycles. The SMILES string of the molecule is CC(C)CCNC(=O)NC(=O)COc1ccccc1. The summed E-state index contributed by atoms with van der Waals surface area (Å²) >= 11 is 0. The molecule has 5 heteroatoms. The van der Waals surface area contributed by atoms with Gasteiger partial charge in [0.2, 0.25) is 0 Å². The molecule has 0 saturated carbocycles. The summed E-state index contributed by atoms with van der Waals surface area (Å²) in [6.45, 7) is 4.51. The van der Waals surface area contributed by atoms with Gasteiger partial charge >= 0.3 is 6.03 Å². The predicted molar refractivity (Wildman–Crippen MR) is 72.9 cm³/mol. The quantitative estimate of drug-likeness (QED) is 0.825. The first kappa shape index (κ1) is 15.0. The molecule has 1 rings (SSSR count). The van der Waals surface area contributed by atoms with E-state index in [0.29, 0.717) is 18.2 Å². The largest absolute Gasteiger partial charge is 0.484 e. The van der Waals surface area contributed by atoms with E-state index in [1.807, 2.05) is 18.2 Å². The zero-order chi connectivity index (χ0) is 14.1. The Bertz CT molecular complexity index is 404. The van der Waals surface area contributed by atoms with Crippen LogP contribution in [0.3, 0.4) is 0 Å². The van der Waals surface area contributed by atoms with Crippen molar-refractivity contribution in [2.45, 2.75) is 20.3 Å². The van der Waals surface area contributed by atoms with E-state index in [2.05, 4.69) is 24.5 Å². The number of ether oxygens (including phenoxy) is 1. The van der Waals surface area contributed by atoms with Crippen molar-refractivity contribution in [1.82, 2.24) is 10.6 Å². The standard InChI is InChI=1S/C14H20N2O3/c1-11(2)8-9-15-14(18)16-13(17)10-19-12-6-4-3-5-7-12/h3-7,11H,8-10H2,1-2H3,(H2,15,16,17,18). The first-order chi connectivity index (χ1) is 9.08. The molecule has 0 radical (unpaired) electrons. The number of rotatable bonds is 6. The van der Waals surface area contributed by atoms with Crippen LogP contribution in [0.5, 0.6) is 5.75 Å². The molecule has 1 aromatic rings. The van der Waals surface area contributed by atoms with Crippen molar-refractivity contribution in [3.63, 3.8) is 0 Å². The van der Waals surface area contributed by atoms with Crippen molar-refractivity contribution in [2.75, 3.05) is 13.2 Å². The zero-order valence-electron chi connectivity index (χ0n) is 11.3.